The van der Waals surface area contributed by atoms with Crippen LogP contribution < -0.4 is 206 Å². The molecule has 0 rings (SSSR count). The molecule has 0 aliphatic heterocycles. The van der Waals surface area contributed by atoms with Gasteiger partial charge in [-0.25, -0.2) is 0 Å². The van der Waals surface area contributed by atoms with Gasteiger partial charge in [-0.15, -0.1) is 0 Å². The summed E-state index contributed by atoms with van der Waals surface area (Å²) in [7, 11) is -14.0. The molecular formula is C3H12K4NNiO9P3+4. The van der Waals surface area contributed by atoms with Crippen molar-refractivity contribution in [1.82, 2.24) is 4.90 Å². The van der Waals surface area contributed by atoms with Crippen molar-refractivity contribution in [3.8, 4) is 0 Å². The van der Waals surface area contributed by atoms with Crippen molar-refractivity contribution in [2.75, 3.05) is 18.9 Å². The Kier molecular flexibility index (Phi) is 39.3. The first-order valence-corrected chi connectivity index (χ1v) is 9.04. The quantitative estimate of drug-likeness (QED) is 0.148. The molecule has 0 aromatic rings. The number of nitrogens with zero attached hydrogens (tertiary/aromatic N) is 1. The third-order valence-corrected chi connectivity index (χ3v) is 3.46. The van der Waals surface area contributed by atoms with Gasteiger partial charge in [0.1, 0.15) is 18.9 Å². The molecule has 0 atom stereocenters. The molecule has 6 N–H and O–H groups in total. The molecule has 18 heteroatoms. The van der Waals surface area contributed by atoms with Crippen LogP contribution in [0.5, 0.6) is 0 Å². The standard InChI is InChI=1S/C3H12NO9P3.4K.Ni/c5-14(6,7)1-4(2-15(8,9)10)3-16(11,12)13;;;;;/h1-3H2,(H2,5,6,7)(H2,8,9,10)(H2,11,12,13);;;;;/q;4*+1;. The van der Waals surface area contributed by atoms with E-state index >= 15 is 0 Å². The predicted octanol–water partition coefficient (Wildman–Crippen LogP) is -13.3. The molecule has 0 saturated carbocycles. The SMILES string of the molecule is O=P(O)(O)CN(CP(=O)(O)O)CP(=O)(O)O.[K+].[K+].[K+].[K+].[Ni]. The van der Waals surface area contributed by atoms with Gasteiger partial charge in [0.15, 0.2) is 0 Å². The molecule has 0 fully saturated rings. The number of rotatable bonds is 6. The monoisotopic (exact) mass is 513 g/mol. The van der Waals surface area contributed by atoms with E-state index in [1.54, 1.807) is 0 Å². The molecule has 0 radical (unpaired) electrons. The fourth-order valence-corrected chi connectivity index (χ4v) is 3.55. The zero-order valence-corrected chi connectivity index (χ0v) is 28.3. The van der Waals surface area contributed by atoms with Crippen LogP contribution in [-0.4, -0.2) is 53.1 Å². The minimum atomic E-state index is -4.65. The maximum atomic E-state index is 10.6. The Morgan fingerprint density at radius 3 is 0.810 bits per heavy atom. The van der Waals surface area contributed by atoms with Gasteiger partial charge in [0.2, 0.25) is 0 Å². The molecule has 0 aliphatic rings. The van der Waals surface area contributed by atoms with Crippen LogP contribution in [0.3, 0.4) is 0 Å². The van der Waals surface area contributed by atoms with Gasteiger partial charge in [-0.2, -0.15) is 0 Å². The fourth-order valence-electron chi connectivity index (χ4n) is 0.916. The van der Waals surface area contributed by atoms with Crippen LogP contribution in [-0.2, 0) is 30.2 Å². The molecule has 0 amide bonds. The molecule has 0 bridgehead atoms. The summed E-state index contributed by atoms with van der Waals surface area (Å²) in [6.07, 6.45) is -3.41. The molecule has 0 aliphatic carbocycles. The topological polar surface area (TPSA) is 176 Å². The van der Waals surface area contributed by atoms with Crippen LogP contribution in [0.15, 0.2) is 0 Å². The first-order valence-electron chi connectivity index (χ1n) is 3.65. The van der Waals surface area contributed by atoms with E-state index in [9.17, 15) is 13.7 Å². The maximum absolute atomic E-state index is 10.6. The minimum absolute atomic E-state index is 0. The van der Waals surface area contributed by atoms with E-state index in [0.29, 0.717) is 4.90 Å². The second-order valence-corrected chi connectivity index (χ2v) is 7.93. The van der Waals surface area contributed by atoms with Gasteiger partial charge in [0, 0.05) is 16.5 Å². The second kappa shape index (κ2) is 19.4. The fraction of sp³-hybridized carbons (Fsp3) is 1.00. The maximum Gasteiger partial charge on any atom is 1.00 e. The Bertz CT molecular complexity index is 325. The van der Waals surface area contributed by atoms with Crippen LogP contribution in [0.4, 0.5) is 0 Å². The van der Waals surface area contributed by atoms with Gasteiger partial charge in [-0.3, -0.25) is 18.6 Å². The van der Waals surface area contributed by atoms with Crippen LogP contribution in [0.1, 0.15) is 0 Å². The summed E-state index contributed by atoms with van der Waals surface area (Å²) >= 11 is 0. The molecule has 0 heterocycles. The Morgan fingerprint density at radius 2 is 0.714 bits per heavy atom. The smallest absolute Gasteiger partial charge is 0.324 e. The molecule has 108 valence electrons. The van der Waals surface area contributed by atoms with Crippen molar-refractivity contribution >= 4 is 22.8 Å². The van der Waals surface area contributed by atoms with Crippen LogP contribution in [0, 0.1) is 0 Å². The largest absolute Gasteiger partial charge is 1.00 e. The zero-order chi connectivity index (χ0) is 13.2. The van der Waals surface area contributed by atoms with Crippen molar-refractivity contribution in [3.05, 3.63) is 0 Å². The molecule has 0 aromatic heterocycles. The van der Waals surface area contributed by atoms with Gasteiger partial charge in [0.05, 0.1) is 0 Å². The average Bonchev–Trinajstić information content (AvgIpc) is 1.70. The zero-order valence-electron chi connectivity index (χ0n) is 12.1. The molecule has 0 saturated heterocycles. The number of hydrogen-bond acceptors (Lipinski definition) is 4. The van der Waals surface area contributed by atoms with E-state index in [1.165, 1.54) is 0 Å². The summed E-state index contributed by atoms with van der Waals surface area (Å²) in [4.78, 5) is 51.6. The minimum Gasteiger partial charge on any atom is -0.324 e. The summed E-state index contributed by atoms with van der Waals surface area (Å²) in [6.45, 7) is 0. The van der Waals surface area contributed by atoms with Crippen LogP contribution in [0.2, 0.25) is 0 Å². The van der Waals surface area contributed by atoms with E-state index in [-0.39, 0.29) is 222 Å². The third kappa shape index (κ3) is 35.3. The van der Waals surface area contributed by atoms with Crippen LogP contribution >= 0.6 is 22.8 Å². The third-order valence-electron chi connectivity index (χ3n) is 1.15. The molecular weight excluding hydrogens is 502 g/mol. The summed E-state index contributed by atoms with van der Waals surface area (Å²) in [5.41, 5.74) is 0. The Hall–Kier alpha value is 7.45. The normalized spacial score (nSPS) is 11.0. The van der Waals surface area contributed by atoms with E-state index in [1.807, 2.05) is 0 Å². The molecule has 21 heavy (non-hydrogen) atoms. The molecule has 10 nitrogen and oxygen atoms in total. The van der Waals surface area contributed by atoms with E-state index in [4.69, 9.17) is 29.4 Å². The van der Waals surface area contributed by atoms with Crippen molar-refractivity contribution < 1.29 is 265 Å². The van der Waals surface area contributed by atoms with E-state index < -0.39 is 41.6 Å². The Labute approximate surface area is 302 Å². The van der Waals surface area contributed by atoms with Crippen molar-refractivity contribution in [3.63, 3.8) is 0 Å². The Morgan fingerprint density at radius 1 is 0.571 bits per heavy atom. The summed E-state index contributed by atoms with van der Waals surface area (Å²) in [6, 6.07) is 0. The summed E-state index contributed by atoms with van der Waals surface area (Å²) in [5, 5.41) is 0. The van der Waals surface area contributed by atoms with Crippen molar-refractivity contribution in [2.24, 2.45) is 0 Å². The predicted molar refractivity (Wildman–Crippen MR) is 52.6 cm³/mol. The van der Waals surface area contributed by atoms with Crippen LogP contribution in [0.25, 0.3) is 0 Å². The van der Waals surface area contributed by atoms with Gasteiger partial charge in [0.25, 0.3) is 0 Å². The first-order chi connectivity index (χ1) is 6.79. The summed E-state index contributed by atoms with van der Waals surface area (Å²) < 4.78 is 31.7. The second-order valence-electron chi connectivity index (χ2n) is 3.09. The van der Waals surface area contributed by atoms with Gasteiger partial charge >= 0.3 is 228 Å². The van der Waals surface area contributed by atoms with E-state index in [0.717, 1.165) is 0 Å². The first kappa shape index (κ1) is 42.5. The molecule has 0 spiro atoms. The number of hydrogen-bond donors (Lipinski definition) is 6. The molecule has 0 unspecified atom stereocenters. The van der Waals surface area contributed by atoms with Gasteiger partial charge in [-0.1, -0.05) is 0 Å². The Balaban J connectivity index is -0.000000112. The average molecular weight is 514 g/mol. The van der Waals surface area contributed by atoms with Gasteiger partial charge in [-0.05, 0) is 0 Å². The van der Waals surface area contributed by atoms with Crippen molar-refractivity contribution in [1.29, 1.82) is 0 Å². The van der Waals surface area contributed by atoms with E-state index in [2.05, 4.69) is 0 Å². The van der Waals surface area contributed by atoms with Gasteiger partial charge < -0.3 is 29.4 Å². The summed E-state index contributed by atoms with van der Waals surface area (Å²) in [5.74, 6) is 0. The molecule has 0 aromatic carbocycles. The van der Waals surface area contributed by atoms with Crippen molar-refractivity contribution in [2.45, 2.75) is 0 Å².